The van der Waals surface area contributed by atoms with E-state index in [1.54, 1.807) is 6.21 Å². The SMILES string of the molecule is CN(C)CCCO/N=C/C=C/[C@]1(O)CC[C@@]2(C)[C@H](CC[C@H]3[C@@H]4CCC[C@@]4(C)CC[C@@H]32)C1. The van der Waals surface area contributed by atoms with E-state index in [4.69, 9.17) is 4.84 Å². The highest BCUT2D eigenvalue weighted by Gasteiger charge is 2.58. The lowest BCUT2D eigenvalue weighted by molar-refractivity contribution is -0.135. The van der Waals surface area contributed by atoms with Crippen LogP contribution in [-0.4, -0.2) is 49.1 Å². The van der Waals surface area contributed by atoms with Gasteiger partial charge in [-0.05, 0) is 119 Å². The minimum atomic E-state index is -0.676. The molecule has 0 aromatic rings. The zero-order valence-electron chi connectivity index (χ0n) is 20.5. The second-order valence-corrected chi connectivity index (χ2v) is 12.2. The molecule has 0 aromatic carbocycles. The Morgan fingerprint density at radius 3 is 2.68 bits per heavy atom. The minimum Gasteiger partial charge on any atom is -0.396 e. The first-order chi connectivity index (χ1) is 14.8. The van der Waals surface area contributed by atoms with Crippen molar-refractivity contribution in [3.8, 4) is 0 Å². The van der Waals surface area contributed by atoms with Crippen molar-refractivity contribution in [2.24, 2.45) is 39.7 Å². The van der Waals surface area contributed by atoms with Crippen LogP contribution in [0.15, 0.2) is 17.3 Å². The van der Waals surface area contributed by atoms with Crippen molar-refractivity contribution >= 4 is 6.21 Å². The molecule has 0 saturated heterocycles. The number of aliphatic hydroxyl groups is 1. The van der Waals surface area contributed by atoms with Crippen LogP contribution in [0.1, 0.15) is 84.5 Å². The van der Waals surface area contributed by atoms with Crippen molar-refractivity contribution in [1.29, 1.82) is 0 Å². The fourth-order valence-electron chi connectivity index (χ4n) is 8.22. The van der Waals surface area contributed by atoms with E-state index in [9.17, 15) is 5.11 Å². The molecule has 4 saturated carbocycles. The molecule has 4 aliphatic rings. The predicted octanol–water partition coefficient (Wildman–Crippen LogP) is 5.66. The average Bonchev–Trinajstić information content (AvgIpc) is 3.12. The second-order valence-electron chi connectivity index (χ2n) is 12.2. The van der Waals surface area contributed by atoms with Crippen LogP contribution in [0.2, 0.25) is 0 Å². The monoisotopic (exact) mass is 430 g/mol. The van der Waals surface area contributed by atoms with Gasteiger partial charge in [-0.1, -0.05) is 31.5 Å². The summed E-state index contributed by atoms with van der Waals surface area (Å²) in [7, 11) is 4.13. The van der Waals surface area contributed by atoms with Crippen LogP contribution in [0.25, 0.3) is 0 Å². The molecule has 0 heterocycles. The van der Waals surface area contributed by atoms with Gasteiger partial charge in [-0.2, -0.15) is 0 Å². The number of fused-ring (bicyclic) bond motifs is 5. The van der Waals surface area contributed by atoms with Crippen molar-refractivity contribution in [2.45, 2.75) is 90.1 Å². The van der Waals surface area contributed by atoms with Gasteiger partial charge in [0.25, 0.3) is 0 Å². The number of allylic oxidation sites excluding steroid dienone is 1. The Labute approximate surface area is 190 Å². The summed E-state index contributed by atoms with van der Waals surface area (Å²) >= 11 is 0. The maximum Gasteiger partial charge on any atom is 0.118 e. The molecular weight excluding hydrogens is 384 g/mol. The predicted molar refractivity (Wildman–Crippen MR) is 128 cm³/mol. The van der Waals surface area contributed by atoms with Gasteiger partial charge < -0.3 is 14.8 Å². The third kappa shape index (κ3) is 4.76. The summed E-state index contributed by atoms with van der Waals surface area (Å²) in [5.41, 5.74) is 0.386. The Morgan fingerprint density at radius 1 is 1.03 bits per heavy atom. The molecule has 1 N–H and O–H groups in total. The third-order valence-corrected chi connectivity index (χ3v) is 10.0. The lowest BCUT2D eigenvalue weighted by atomic mass is 9.44. The maximum atomic E-state index is 11.3. The maximum absolute atomic E-state index is 11.3. The van der Waals surface area contributed by atoms with E-state index in [0.717, 1.165) is 43.6 Å². The molecule has 176 valence electrons. The largest absolute Gasteiger partial charge is 0.396 e. The van der Waals surface area contributed by atoms with Crippen LogP contribution in [0.4, 0.5) is 0 Å². The number of hydrogen-bond acceptors (Lipinski definition) is 4. The first-order valence-corrected chi connectivity index (χ1v) is 13.0. The quantitative estimate of drug-likeness (QED) is 0.322. The molecule has 4 heteroatoms. The summed E-state index contributed by atoms with van der Waals surface area (Å²) in [6, 6.07) is 0. The molecule has 31 heavy (non-hydrogen) atoms. The average molecular weight is 431 g/mol. The Bertz CT molecular complexity index is 676. The Morgan fingerprint density at radius 2 is 1.87 bits per heavy atom. The molecule has 4 rings (SSSR count). The molecule has 0 aliphatic heterocycles. The molecule has 0 aromatic heterocycles. The molecule has 4 aliphatic carbocycles. The summed E-state index contributed by atoms with van der Waals surface area (Å²) < 4.78 is 0. The van der Waals surface area contributed by atoms with Gasteiger partial charge in [0, 0.05) is 6.54 Å². The van der Waals surface area contributed by atoms with Gasteiger partial charge in [0.15, 0.2) is 0 Å². The van der Waals surface area contributed by atoms with E-state index in [1.165, 1.54) is 51.4 Å². The zero-order chi connectivity index (χ0) is 22.1. The second kappa shape index (κ2) is 9.17. The lowest BCUT2D eigenvalue weighted by Crippen LogP contribution is -2.55. The molecule has 0 spiro atoms. The van der Waals surface area contributed by atoms with E-state index >= 15 is 0 Å². The van der Waals surface area contributed by atoms with Crippen molar-refractivity contribution < 1.29 is 9.94 Å². The van der Waals surface area contributed by atoms with Gasteiger partial charge in [0.05, 0.1) is 11.8 Å². The van der Waals surface area contributed by atoms with E-state index in [2.05, 4.69) is 38.0 Å². The number of oxime groups is 1. The van der Waals surface area contributed by atoms with Crippen LogP contribution in [0.5, 0.6) is 0 Å². The third-order valence-electron chi connectivity index (χ3n) is 10.0. The summed E-state index contributed by atoms with van der Waals surface area (Å²) in [6.45, 7) is 6.81. The summed E-state index contributed by atoms with van der Waals surface area (Å²) in [4.78, 5) is 7.47. The number of rotatable bonds is 7. The van der Waals surface area contributed by atoms with Gasteiger partial charge in [0.1, 0.15) is 6.61 Å². The molecular formula is C27H46N2O2. The highest BCUT2D eigenvalue weighted by atomic mass is 16.6. The fourth-order valence-corrected chi connectivity index (χ4v) is 8.22. The van der Waals surface area contributed by atoms with Crippen molar-refractivity contribution in [3.05, 3.63) is 12.2 Å². The molecule has 0 radical (unpaired) electrons. The smallest absolute Gasteiger partial charge is 0.118 e. The molecule has 0 bridgehead atoms. The van der Waals surface area contributed by atoms with E-state index in [1.807, 2.05) is 12.2 Å². The summed E-state index contributed by atoms with van der Waals surface area (Å²) in [5.74, 6) is 3.45. The molecule has 0 unspecified atom stereocenters. The summed E-state index contributed by atoms with van der Waals surface area (Å²) in [6.07, 6.45) is 19.5. The standard InChI is InChI=1S/C27H46N2O2/c1-25-12-5-8-23(25)22-10-9-21-20-27(30,16-15-26(21,2)24(22)11-14-25)13-6-17-28-31-19-7-18-29(3)4/h6,13,17,21-24,30H,5,7-12,14-16,18-20H2,1-4H3/b13-6+,28-17+/t21-,22+,23+,24+,25+,26+,27+/m1/s1. The van der Waals surface area contributed by atoms with Gasteiger partial charge >= 0.3 is 0 Å². The van der Waals surface area contributed by atoms with Crippen molar-refractivity contribution in [3.63, 3.8) is 0 Å². The van der Waals surface area contributed by atoms with Gasteiger partial charge in [-0.15, -0.1) is 0 Å². The highest BCUT2D eigenvalue weighted by Crippen LogP contribution is 2.66. The van der Waals surface area contributed by atoms with E-state index < -0.39 is 5.60 Å². The van der Waals surface area contributed by atoms with Crippen LogP contribution in [0.3, 0.4) is 0 Å². The van der Waals surface area contributed by atoms with Gasteiger partial charge in [-0.3, -0.25) is 0 Å². The van der Waals surface area contributed by atoms with Crippen LogP contribution >= 0.6 is 0 Å². The Hall–Kier alpha value is -0.870. The van der Waals surface area contributed by atoms with Gasteiger partial charge in [-0.25, -0.2) is 0 Å². The number of nitrogens with zero attached hydrogens (tertiary/aromatic N) is 2. The van der Waals surface area contributed by atoms with Crippen LogP contribution < -0.4 is 0 Å². The molecule has 4 fully saturated rings. The Kier molecular flexibility index (Phi) is 6.89. The topological polar surface area (TPSA) is 45.1 Å². The normalized spacial score (nSPS) is 45.1. The van der Waals surface area contributed by atoms with Crippen LogP contribution in [0, 0.1) is 34.5 Å². The van der Waals surface area contributed by atoms with E-state index in [-0.39, 0.29) is 0 Å². The van der Waals surface area contributed by atoms with Crippen molar-refractivity contribution in [2.75, 3.05) is 27.2 Å². The Balaban J connectivity index is 1.32. The molecule has 0 amide bonds. The summed E-state index contributed by atoms with van der Waals surface area (Å²) in [5, 5.41) is 15.3. The lowest BCUT2D eigenvalue weighted by Gasteiger charge is -2.61. The zero-order valence-corrected chi connectivity index (χ0v) is 20.5. The first-order valence-electron chi connectivity index (χ1n) is 13.0. The van der Waals surface area contributed by atoms with Crippen molar-refractivity contribution in [1.82, 2.24) is 4.90 Å². The molecule has 7 atom stereocenters. The minimum absolute atomic E-state index is 0.427. The van der Waals surface area contributed by atoms with E-state index in [0.29, 0.717) is 23.4 Å². The number of hydrogen-bond donors (Lipinski definition) is 1. The van der Waals surface area contributed by atoms with Gasteiger partial charge in [0.2, 0.25) is 0 Å². The van der Waals surface area contributed by atoms with Crippen LogP contribution in [-0.2, 0) is 4.84 Å². The first kappa shape index (κ1) is 23.3. The fraction of sp³-hybridized carbons (Fsp3) is 0.889. The molecule has 4 nitrogen and oxygen atoms in total. The highest BCUT2D eigenvalue weighted by molar-refractivity contribution is 5.70.